The van der Waals surface area contributed by atoms with Gasteiger partial charge in [0.15, 0.2) is 0 Å². The quantitative estimate of drug-likeness (QED) is 0.646. The highest BCUT2D eigenvalue weighted by Gasteiger charge is 2.23. The van der Waals surface area contributed by atoms with E-state index in [1.165, 1.54) is 0 Å². The summed E-state index contributed by atoms with van der Waals surface area (Å²) in [5, 5.41) is 6.14. The molecule has 2 aromatic carbocycles. The molecule has 2 aliphatic rings. The largest absolute Gasteiger partial charge is 0.349 e. The number of likely N-dealkylation sites (tertiary alicyclic amines) is 1. The predicted molar refractivity (Wildman–Crippen MR) is 134 cm³/mol. The molecule has 2 aromatic rings. The lowest BCUT2D eigenvalue weighted by atomic mass is 10.0. The van der Waals surface area contributed by atoms with Gasteiger partial charge in [0, 0.05) is 41.9 Å². The summed E-state index contributed by atoms with van der Waals surface area (Å²) >= 11 is 3.50. The molecular formula is C24H28N4O2S2. The Morgan fingerprint density at radius 1 is 1.06 bits per heavy atom. The van der Waals surface area contributed by atoms with Crippen LogP contribution in [0.4, 0.5) is 5.69 Å². The number of amides is 2. The van der Waals surface area contributed by atoms with Crippen LogP contribution in [0.15, 0.2) is 59.6 Å². The molecule has 4 rings (SSSR count). The number of rotatable bonds is 7. The van der Waals surface area contributed by atoms with Gasteiger partial charge in [-0.05, 0) is 36.6 Å². The van der Waals surface area contributed by atoms with E-state index in [1.54, 1.807) is 23.5 Å². The molecule has 168 valence electrons. The summed E-state index contributed by atoms with van der Waals surface area (Å²) in [4.78, 5) is 31.9. The number of carbonyl (C=O) groups excluding carboxylic acids is 2. The van der Waals surface area contributed by atoms with Crippen molar-refractivity contribution in [1.29, 1.82) is 0 Å². The summed E-state index contributed by atoms with van der Waals surface area (Å²) in [6, 6.07) is 17.5. The molecule has 8 heteroatoms. The molecule has 0 saturated carbocycles. The number of piperidine rings is 1. The lowest BCUT2D eigenvalue weighted by molar-refractivity contribution is -0.117. The van der Waals surface area contributed by atoms with Gasteiger partial charge in [-0.2, -0.15) is 0 Å². The summed E-state index contributed by atoms with van der Waals surface area (Å²) < 4.78 is 1.11. The molecular weight excluding hydrogens is 440 g/mol. The Bertz CT molecular complexity index is 959. The first-order chi connectivity index (χ1) is 15.7. The average Bonchev–Trinajstić information content (AvgIpc) is 3.33. The van der Waals surface area contributed by atoms with Crippen LogP contribution in [0.2, 0.25) is 0 Å². The Hall–Kier alpha value is -2.29. The Morgan fingerprint density at radius 3 is 2.56 bits per heavy atom. The lowest BCUT2D eigenvalue weighted by Gasteiger charge is -2.32. The lowest BCUT2D eigenvalue weighted by Crippen LogP contribution is -2.46. The van der Waals surface area contributed by atoms with Gasteiger partial charge in [-0.1, -0.05) is 59.9 Å². The Balaban J connectivity index is 1.23. The molecule has 0 aromatic heterocycles. The maximum absolute atomic E-state index is 13.0. The number of nitrogens with zero attached hydrogens (tertiary/aromatic N) is 2. The number of thioether (sulfide) groups is 2. The number of carbonyl (C=O) groups is 2. The molecule has 2 aliphatic heterocycles. The van der Waals surface area contributed by atoms with Crippen molar-refractivity contribution in [2.45, 2.75) is 24.6 Å². The minimum absolute atomic E-state index is 0.00450. The van der Waals surface area contributed by atoms with Crippen LogP contribution >= 0.6 is 23.5 Å². The van der Waals surface area contributed by atoms with Gasteiger partial charge in [0.2, 0.25) is 5.91 Å². The van der Waals surface area contributed by atoms with Crippen LogP contribution in [0.3, 0.4) is 0 Å². The number of hydrogen-bond acceptors (Lipinski definition) is 6. The second kappa shape index (κ2) is 11.5. The summed E-state index contributed by atoms with van der Waals surface area (Å²) in [6.07, 6.45) is 1.68. The van der Waals surface area contributed by atoms with Crippen LogP contribution in [0.25, 0.3) is 0 Å². The number of benzene rings is 2. The van der Waals surface area contributed by atoms with E-state index in [0.717, 1.165) is 65.2 Å². The predicted octanol–water partition coefficient (Wildman–Crippen LogP) is 3.86. The van der Waals surface area contributed by atoms with Crippen molar-refractivity contribution in [3.8, 4) is 0 Å². The van der Waals surface area contributed by atoms with E-state index in [-0.39, 0.29) is 17.9 Å². The van der Waals surface area contributed by atoms with Gasteiger partial charge < -0.3 is 10.6 Å². The third-order valence-electron chi connectivity index (χ3n) is 5.52. The smallest absolute Gasteiger partial charge is 0.251 e. The normalized spacial score (nSPS) is 17.1. The Morgan fingerprint density at radius 2 is 1.81 bits per heavy atom. The molecule has 0 spiro atoms. The minimum atomic E-state index is -0.0116. The Kier molecular flexibility index (Phi) is 8.25. The van der Waals surface area contributed by atoms with Crippen molar-refractivity contribution >= 4 is 45.4 Å². The fourth-order valence-corrected chi connectivity index (χ4v) is 5.85. The van der Waals surface area contributed by atoms with E-state index in [1.807, 2.05) is 54.6 Å². The van der Waals surface area contributed by atoms with E-state index in [0.29, 0.717) is 6.54 Å². The van der Waals surface area contributed by atoms with Crippen molar-refractivity contribution < 1.29 is 9.59 Å². The van der Waals surface area contributed by atoms with Gasteiger partial charge in [0.25, 0.3) is 5.91 Å². The maximum Gasteiger partial charge on any atom is 0.251 e. The topological polar surface area (TPSA) is 73.8 Å². The molecule has 6 nitrogen and oxygen atoms in total. The number of hydrogen-bond donors (Lipinski definition) is 2. The van der Waals surface area contributed by atoms with Crippen molar-refractivity contribution in [3.63, 3.8) is 0 Å². The molecule has 0 aliphatic carbocycles. The summed E-state index contributed by atoms with van der Waals surface area (Å²) in [5.41, 5.74) is 2.60. The van der Waals surface area contributed by atoms with Gasteiger partial charge in [-0.3, -0.25) is 19.5 Å². The summed E-state index contributed by atoms with van der Waals surface area (Å²) in [6.45, 7) is 2.85. The van der Waals surface area contributed by atoms with Crippen molar-refractivity contribution in [1.82, 2.24) is 10.2 Å². The minimum Gasteiger partial charge on any atom is -0.349 e. The SMILES string of the molecule is O=C(CN1CCC(NC(=O)c2ccccc2CSC2=NCCS2)CC1)Nc1ccccc1. The molecule has 32 heavy (non-hydrogen) atoms. The van der Waals surface area contributed by atoms with Gasteiger partial charge in [-0.15, -0.1) is 0 Å². The number of anilines is 1. The van der Waals surface area contributed by atoms with Crippen LogP contribution < -0.4 is 10.6 Å². The maximum atomic E-state index is 13.0. The second-order valence-corrected chi connectivity index (χ2v) is 10.2. The highest BCUT2D eigenvalue weighted by Crippen LogP contribution is 2.26. The highest BCUT2D eigenvalue weighted by molar-refractivity contribution is 8.38. The molecule has 0 atom stereocenters. The fraction of sp³-hybridized carbons (Fsp3) is 0.375. The van der Waals surface area contributed by atoms with E-state index in [2.05, 4.69) is 20.5 Å². The average molecular weight is 469 g/mol. The molecule has 0 unspecified atom stereocenters. The van der Waals surface area contributed by atoms with E-state index in [9.17, 15) is 9.59 Å². The molecule has 2 amide bonds. The second-order valence-electron chi connectivity index (χ2n) is 7.88. The van der Waals surface area contributed by atoms with Gasteiger partial charge in [0.05, 0.1) is 13.1 Å². The zero-order valence-corrected chi connectivity index (χ0v) is 19.6. The summed E-state index contributed by atoms with van der Waals surface area (Å²) in [5.74, 6) is 1.79. The molecule has 2 N–H and O–H groups in total. The number of para-hydroxylation sites is 1. The zero-order valence-electron chi connectivity index (χ0n) is 18.0. The van der Waals surface area contributed by atoms with Crippen LogP contribution in [-0.2, 0) is 10.5 Å². The van der Waals surface area contributed by atoms with Crippen LogP contribution in [0.1, 0.15) is 28.8 Å². The highest BCUT2D eigenvalue weighted by atomic mass is 32.2. The third-order valence-corrected chi connectivity index (χ3v) is 7.82. The molecule has 1 saturated heterocycles. The van der Waals surface area contributed by atoms with Crippen molar-refractivity contribution in [2.24, 2.45) is 4.99 Å². The monoisotopic (exact) mass is 468 g/mol. The zero-order chi connectivity index (χ0) is 22.2. The first kappa shape index (κ1) is 22.9. The van der Waals surface area contributed by atoms with Crippen molar-refractivity contribution in [3.05, 3.63) is 65.7 Å². The number of nitrogens with one attached hydrogen (secondary N) is 2. The van der Waals surface area contributed by atoms with E-state index in [4.69, 9.17) is 0 Å². The van der Waals surface area contributed by atoms with Gasteiger partial charge in [-0.25, -0.2) is 0 Å². The van der Waals surface area contributed by atoms with Crippen molar-refractivity contribution in [2.75, 3.05) is 37.2 Å². The van der Waals surface area contributed by atoms with Gasteiger partial charge in [0.1, 0.15) is 4.38 Å². The number of aliphatic imine (C=N–C) groups is 1. The molecule has 0 radical (unpaired) electrons. The standard InChI is InChI=1S/C24H28N4O2S2/c29-22(26-19-7-2-1-3-8-19)16-28-13-10-20(11-14-28)27-23(30)21-9-5-4-6-18(21)17-32-24-25-12-15-31-24/h1-9,20H,10-17H2,(H,26,29)(H,27,30). The summed E-state index contributed by atoms with van der Waals surface area (Å²) in [7, 11) is 0. The van der Waals surface area contributed by atoms with E-state index >= 15 is 0 Å². The van der Waals surface area contributed by atoms with Crippen LogP contribution in [-0.4, -0.2) is 59.1 Å². The Labute approximate surface area is 197 Å². The van der Waals surface area contributed by atoms with E-state index < -0.39 is 0 Å². The van der Waals surface area contributed by atoms with Crippen LogP contribution in [0.5, 0.6) is 0 Å². The molecule has 1 fully saturated rings. The first-order valence-corrected chi connectivity index (χ1v) is 12.9. The molecule has 2 heterocycles. The molecule has 0 bridgehead atoms. The third kappa shape index (κ3) is 6.60. The first-order valence-electron chi connectivity index (χ1n) is 10.9. The van der Waals surface area contributed by atoms with Crippen LogP contribution in [0, 0.1) is 0 Å². The fourth-order valence-electron chi connectivity index (χ4n) is 3.83. The van der Waals surface area contributed by atoms with Gasteiger partial charge >= 0.3 is 0 Å².